The van der Waals surface area contributed by atoms with Crippen LogP contribution in [0.4, 0.5) is 16.0 Å². The van der Waals surface area contributed by atoms with Gasteiger partial charge in [0.15, 0.2) is 0 Å². The Morgan fingerprint density at radius 1 is 1.25 bits per heavy atom. The number of benzene rings is 1. The first-order valence-corrected chi connectivity index (χ1v) is 10.1. The topological polar surface area (TPSA) is 112 Å². The van der Waals surface area contributed by atoms with Gasteiger partial charge in [-0.25, -0.2) is 13.8 Å². The molecule has 1 aliphatic heterocycles. The van der Waals surface area contributed by atoms with Crippen LogP contribution in [0.5, 0.6) is 0 Å². The molecule has 3 N–H and O–H groups in total. The summed E-state index contributed by atoms with van der Waals surface area (Å²) in [5, 5.41) is 3.16. The van der Waals surface area contributed by atoms with Gasteiger partial charge < -0.3 is 5.73 Å². The molecule has 0 bridgehead atoms. The van der Waals surface area contributed by atoms with Crippen molar-refractivity contribution in [2.45, 2.75) is 26.8 Å². The zero-order valence-corrected chi connectivity index (χ0v) is 18.0. The van der Waals surface area contributed by atoms with Crippen LogP contribution in [0.15, 0.2) is 35.4 Å². The Balaban J connectivity index is 1.78. The molecule has 0 aliphatic carbocycles. The molecule has 4 aromatic rings. The Bertz CT molecular complexity index is 1520. The lowest BCUT2D eigenvalue weighted by Gasteiger charge is -2.23. The van der Waals surface area contributed by atoms with Crippen LogP contribution in [0.2, 0.25) is 0 Å². The van der Waals surface area contributed by atoms with Crippen molar-refractivity contribution >= 4 is 28.7 Å². The summed E-state index contributed by atoms with van der Waals surface area (Å²) in [7, 11) is 1.70. The number of carbonyl (C=O) groups excluding carboxylic acids is 1. The van der Waals surface area contributed by atoms with Gasteiger partial charge in [-0.3, -0.25) is 19.7 Å². The van der Waals surface area contributed by atoms with Gasteiger partial charge in [-0.2, -0.15) is 4.57 Å². The first-order valence-electron chi connectivity index (χ1n) is 10.1. The van der Waals surface area contributed by atoms with Crippen LogP contribution in [-0.4, -0.2) is 25.0 Å². The molecular formula is C22H21FN7O2+. The molecule has 10 heteroatoms. The molecule has 0 saturated heterocycles. The van der Waals surface area contributed by atoms with Crippen molar-refractivity contribution in [3.8, 4) is 5.69 Å². The van der Waals surface area contributed by atoms with E-state index in [9.17, 15) is 14.0 Å². The van der Waals surface area contributed by atoms with E-state index < -0.39 is 11.7 Å². The summed E-state index contributed by atoms with van der Waals surface area (Å²) in [6, 6.07) is 4.24. The lowest BCUT2D eigenvalue weighted by Crippen LogP contribution is -2.48. The highest BCUT2D eigenvalue weighted by molar-refractivity contribution is 5.94. The van der Waals surface area contributed by atoms with Gasteiger partial charge in [0.05, 0.1) is 11.3 Å². The summed E-state index contributed by atoms with van der Waals surface area (Å²) in [5.74, 6) is -1.15. The minimum Gasteiger partial charge on any atom is -0.366 e. The van der Waals surface area contributed by atoms with E-state index >= 15 is 0 Å². The number of primary amides is 1. The fourth-order valence-corrected chi connectivity index (χ4v) is 4.35. The number of carbonyl (C=O) groups is 1. The molecule has 1 unspecified atom stereocenters. The molecule has 4 heterocycles. The van der Waals surface area contributed by atoms with E-state index in [0.717, 1.165) is 16.9 Å². The van der Waals surface area contributed by atoms with Crippen LogP contribution in [0.25, 0.3) is 16.9 Å². The minimum atomic E-state index is -0.832. The number of nitrogens with one attached hydrogen (secondary N) is 1. The van der Waals surface area contributed by atoms with Gasteiger partial charge in [-0.05, 0) is 44.0 Å². The van der Waals surface area contributed by atoms with E-state index in [0.29, 0.717) is 28.4 Å². The fourth-order valence-electron chi connectivity index (χ4n) is 4.35. The lowest BCUT2D eigenvalue weighted by molar-refractivity contribution is -0.678. The summed E-state index contributed by atoms with van der Waals surface area (Å²) in [4.78, 5) is 33.7. The highest BCUT2D eigenvalue weighted by Crippen LogP contribution is 2.31. The Labute approximate surface area is 182 Å². The number of imidazole rings is 1. The molecule has 0 fully saturated rings. The van der Waals surface area contributed by atoms with E-state index in [4.69, 9.17) is 5.73 Å². The molecule has 32 heavy (non-hydrogen) atoms. The minimum absolute atomic E-state index is 0.177. The van der Waals surface area contributed by atoms with Crippen LogP contribution in [0.1, 0.15) is 40.1 Å². The molecular weight excluding hydrogens is 413 g/mol. The third-order valence-corrected chi connectivity index (χ3v) is 6.03. The highest BCUT2D eigenvalue weighted by atomic mass is 19.1. The van der Waals surface area contributed by atoms with E-state index in [1.807, 2.05) is 24.5 Å². The smallest absolute Gasteiger partial charge is 0.366 e. The number of amides is 1. The van der Waals surface area contributed by atoms with Crippen molar-refractivity contribution in [2.24, 2.45) is 12.8 Å². The average molecular weight is 434 g/mol. The summed E-state index contributed by atoms with van der Waals surface area (Å²) in [5.41, 5.74) is 9.69. The van der Waals surface area contributed by atoms with Gasteiger partial charge in [0.1, 0.15) is 35.0 Å². The zero-order valence-electron chi connectivity index (χ0n) is 18.0. The monoisotopic (exact) mass is 434 g/mol. The highest BCUT2D eigenvalue weighted by Gasteiger charge is 2.36. The van der Waals surface area contributed by atoms with Crippen molar-refractivity contribution in [3.63, 3.8) is 0 Å². The molecule has 5 rings (SSSR count). The van der Waals surface area contributed by atoms with Crippen LogP contribution >= 0.6 is 0 Å². The van der Waals surface area contributed by atoms with Crippen LogP contribution in [0.3, 0.4) is 0 Å². The van der Waals surface area contributed by atoms with Crippen molar-refractivity contribution in [1.29, 1.82) is 0 Å². The molecule has 0 spiro atoms. The normalized spacial score (nSPS) is 14.5. The maximum Gasteiger partial charge on any atom is 0.377 e. The molecule has 162 valence electrons. The largest absolute Gasteiger partial charge is 0.377 e. The van der Waals surface area contributed by atoms with Crippen LogP contribution < -0.4 is 21.3 Å². The van der Waals surface area contributed by atoms with Crippen molar-refractivity contribution in [3.05, 3.63) is 69.3 Å². The number of fused-ring (bicyclic) bond motifs is 2. The third kappa shape index (κ3) is 2.58. The summed E-state index contributed by atoms with van der Waals surface area (Å²) in [6.07, 6.45) is 3.33. The predicted molar refractivity (Wildman–Crippen MR) is 116 cm³/mol. The number of nitrogens with zero attached hydrogens (tertiary/aromatic N) is 5. The van der Waals surface area contributed by atoms with Crippen LogP contribution in [0, 0.1) is 19.7 Å². The van der Waals surface area contributed by atoms with Gasteiger partial charge in [-0.1, -0.05) is 0 Å². The van der Waals surface area contributed by atoms with Crippen molar-refractivity contribution in [2.75, 3.05) is 5.32 Å². The third-order valence-electron chi connectivity index (χ3n) is 6.03. The van der Waals surface area contributed by atoms with E-state index in [1.165, 1.54) is 12.1 Å². The standard InChI is InChI=1S/C22H20FN7O2/c1-10-5-6-25-17-12(3)29-20-16(28(4)22(32)30(20)18(10)17)9-26-21(29)27-15-8-14(23)13(19(24)31)7-11(15)2/h5-9,12H,1-4H3,(H2,24,31)/p+1. The number of hydrogen-bond acceptors (Lipinski definition) is 5. The SMILES string of the molecule is Cc1cc(C(N)=O)c(F)cc1Nc1ncc2c3n(c(=O)n2C)-c2c(C)ccnc2C(C)[n+]13. The van der Waals surface area contributed by atoms with Crippen molar-refractivity contribution in [1.82, 2.24) is 19.1 Å². The molecule has 0 saturated carbocycles. The van der Waals surface area contributed by atoms with Gasteiger partial charge >= 0.3 is 11.6 Å². The number of aryl methyl sites for hydroxylation is 3. The molecule has 1 atom stereocenters. The first-order chi connectivity index (χ1) is 15.2. The molecule has 9 nitrogen and oxygen atoms in total. The lowest BCUT2D eigenvalue weighted by atomic mass is 10.1. The number of hydrogen-bond donors (Lipinski definition) is 2. The number of halogens is 1. The summed E-state index contributed by atoms with van der Waals surface area (Å²) >= 11 is 0. The number of anilines is 2. The molecule has 0 radical (unpaired) electrons. The fraction of sp³-hybridized carbons (Fsp3) is 0.227. The summed E-state index contributed by atoms with van der Waals surface area (Å²) in [6.45, 7) is 5.66. The Morgan fingerprint density at radius 3 is 2.72 bits per heavy atom. The molecule has 1 aromatic carbocycles. The van der Waals surface area contributed by atoms with E-state index in [2.05, 4.69) is 15.3 Å². The number of nitrogens with two attached hydrogens (primary N) is 1. The predicted octanol–water partition coefficient (Wildman–Crippen LogP) is 1.93. The van der Waals surface area contributed by atoms with E-state index in [1.54, 1.807) is 35.5 Å². The molecule has 1 aliphatic rings. The Hall–Kier alpha value is -4.08. The van der Waals surface area contributed by atoms with Crippen molar-refractivity contribution < 1.29 is 13.8 Å². The van der Waals surface area contributed by atoms with Gasteiger partial charge in [0.25, 0.3) is 5.91 Å². The zero-order chi connectivity index (χ0) is 22.9. The number of aromatic nitrogens is 5. The average Bonchev–Trinajstić information content (AvgIpc) is 3.00. The Morgan fingerprint density at radius 2 is 2.00 bits per heavy atom. The van der Waals surface area contributed by atoms with E-state index in [-0.39, 0.29) is 17.3 Å². The maximum absolute atomic E-state index is 14.4. The first kappa shape index (κ1) is 19.9. The van der Waals surface area contributed by atoms with Gasteiger partial charge in [0, 0.05) is 19.3 Å². The quantitative estimate of drug-likeness (QED) is 0.479. The Kier molecular flexibility index (Phi) is 4.16. The second kappa shape index (κ2) is 6.71. The van der Waals surface area contributed by atoms with Gasteiger partial charge in [0.2, 0.25) is 5.65 Å². The number of rotatable bonds is 3. The maximum atomic E-state index is 14.4. The second-order valence-electron chi connectivity index (χ2n) is 8.01. The van der Waals surface area contributed by atoms with Crippen LogP contribution in [-0.2, 0) is 7.05 Å². The van der Waals surface area contributed by atoms with Gasteiger partial charge in [-0.15, -0.1) is 4.98 Å². The molecule has 3 aromatic heterocycles. The number of pyridine rings is 1. The summed E-state index contributed by atoms with van der Waals surface area (Å²) < 4.78 is 19.5. The second-order valence-corrected chi connectivity index (χ2v) is 8.01. The molecule has 1 amide bonds.